The molecule has 2 rings (SSSR count). The zero-order valence-electron chi connectivity index (χ0n) is 13.3. The summed E-state index contributed by atoms with van der Waals surface area (Å²) in [7, 11) is 1.56. The van der Waals surface area contributed by atoms with Crippen molar-refractivity contribution in [2.24, 2.45) is 5.73 Å². The lowest BCUT2D eigenvalue weighted by Gasteiger charge is -2.31. The highest BCUT2D eigenvalue weighted by Gasteiger charge is 2.21. The molecule has 0 radical (unpaired) electrons. The molecule has 0 bridgehead atoms. The first kappa shape index (κ1) is 17.1. The molecule has 1 saturated heterocycles. The maximum Gasteiger partial charge on any atom is 0.258 e. The second-order valence-electron chi connectivity index (χ2n) is 5.52. The van der Waals surface area contributed by atoms with E-state index < -0.39 is 0 Å². The fraction of sp³-hybridized carbons (Fsp3) is 0.500. The van der Waals surface area contributed by atoms with E-state index in [0.29, 0.717) is 11.5 Å². The maximum absolute atomic E-state index is 12.0. The second-order valence-corrected chi connectivity index (χ2v) is 5.52. The molecule has 1 heterocycles. The van der Waals surface area contributed by atoms with Gasteiger partial charge in [-0.3, -0.25) is 14.5 Å². The summed E-state index contributed by atoms with van der Waals surface area (Å²) in [6.07, 6.45) is 1.60. The van der Waals surface area contributed by atoms with Crippen LogP contribution < -0.4 is 20.5 Å². The van der Waals surface area contributed by atoms with Crippen molar-refractivity contribution in [1.29, 1.82) is 0 Å². The Morgan fingerprint density at radius 3 is 2.52 bits per heavy atom. The highest BCUT2D eigenvalue weighted by Crippen LogP contribution is 2.25. The number of para-hydroxylation sites is 2. The van der Waals surface area contributed by atoms with Gasteiger partial charge in [-0.2, -0.15) is 0 Å². The number of hydrogen-bond donors (Lipinski definition) is 2. The molecule has 1 aliphatic rings. The number of amides is 2. The van der Waals surface area contributed by atoms with Gasteiger partial charge in [0.2, 0.25) is 5.91 Å². The van der Waals surface area contributed by atoms with Crippen LogP contribution >= 0.6 is 0 Å². The van der Waals surface area contributed by atoms with Crippen LogP contribution in [0.4, 0.5) is 0 Å². The number of carbonyl (C=O) groups is 2. The van der Waals surface area contributed by atoms with Crippen molar-refractivity contribution in [1.82, 2.24) is 10.2 Å². The first-order valence-electron chi connectivity index (χ1n) is 7.64. The summed E-state index contributed by atoms with van der Waals surface area (Å²) in [5.74, 6) is 0.656. The van der Waals surface area contributed by atoms with E-state index in [1.54, 1.807) is 19.2 Å². The van der Waals surface area contributed by atoms with E-state index in [4.69, 9.17) is 15.2 Å². The predicted molar refractivity (Wildman–Crippen MR) is 85.3 cm³/mol. The van der Waals surface area contributed by atoms with Crippen molar-refractivity contribution in [3.63, 3.8) is 0 Å². The van der Waals surface area contributed by atoms with E-state index in [1.165, 1.54) is 0 Å². The molecule has 0 aliphatic carbocycles. The molecule has 7 heteroatoms. The summed E-state index contributed by atoms with van der Waals surface area (Å²) in [4.78, 5) is 24.9. The largest absolute Gasteiger partial charge is 0.493 e. The molecule has 0 aromatic heterocycles. The molecule has 1 fully saturated rings. The fourth-order valence-electron chi connectivity index (χ4n) is 2.61. The molecule has 3 N–H and O–H groups in total. The third-order valence-corrected chi connectivity index (χ3v) is 3.76. The number of piperidine rings is 1. The average molecular weight is 321 g/mol. The summed E-state index contributed by atoms with van der Waals surface area (Å²) in [5, 5.41) is 2.95. The Hall–Kier alpha value is -2.28. The van der Waals surface area contributed by atoms with Gasteiger partial charge in [0.05, 0.1) is 13.7 Å². The maximum atomic E-state index is 12.0. The number of ether oxygens (including phenoxy) is 2. The highest BCUT2D eigenvalue weighted by atomic mass is 16.5. The van der Waals surface area contributed by atoms with Crippen LogP contribution in [0.3, 0.4) is 0 Å². The van der Waals surface area contributed by atoms with Crippen molar-refractivity contribution in [3.8, 4) is 11.5 Å². The summed E-state index contributed by atoms with van der Waals surface area (Å²) < 4.78 is 10.7. The number of nitrogens with two attached hydrogens (primary N) is 1. The molecule has 1 aromatic rings. The van der Waals surface area contributed by atoms with Crippen LogP contribution in [-0.2, 0) is 9.59 Å². The molecule has 0 atom stereocenters. The Morgan fingerprint density at radius 1 is 1.26 bits per heavy atom. The Labute approximate surface area is 135 Å². The minimum atomic E-state index is -0.322. The molecule has 126 valence electrons. The van der Waals surface area contributed by atoms with E-state index in [2.05, 4.69) is 5.32 Å². The van der Waals surface area contributed by atoms with Crippen LogP contribution in [0.15, 0.2) is 24.3 Å². The monoisotopic (exact) mass is 321 g/mol. The van der Waals surface area contributed by atoms with Gasteiger partial charge in [-0.15, -0.1) is 0 Å². The fourth-order valence-corrected chi connectivity index (χ4v) is 2.61. The van der Waals surface area contributed by atoms with E-state index in [9.17, 15) is 9.59 Å². The molecular weight excluding hydrogens is 298 g/mol. The predicted octanol–water partition coefficient (Wildman–Crippen LogP) is 0.140. The van der Waals surface area contributed by atoms with Gasteiger partial charge in [0, 0.05) is 19.1 Å². The third kappa shape index (κ3) is 5.45. The summed E-state index contributed by atoms with van der Waals surface area (Å²) in [6, 6.07) is 7.30. The smallest absolute Gasteiger partial charge is 0.258 e. The van der Waals surface area contributed by atoms with Crippen molar-refractivity contribution in [3.05, 3.63) is 24.3 Å². The number of hydrogen-bond acceptors (Lipinski definition) is 5. The lowest BCUT2D eigenvalue weighted by molar-refractivity contribution is -0.124. The first-order chi connectivity index (χ1) is 11.1. The van der Waals surface area contributed by atoms with Crippen molar-refractivity contribution in [2.75, 3.05) is 33.4 Å². The van der Waals surface area contributed by atoms with Crippen LogP contribution in [0.2, 0.25) is 0 Å². The van der Waals surface area contributed by atoms with Crippen LogP contribution in [-0.4, -0.2) is 56.1 Å². The topological polar surface area (TPSA) is 93.9 Å². The van der Waals surface area contributed by atoms with Gasteiger partial charge in [0.15, 0.2) is 18.1 Å². The summed E-state index contributed by atoms with van der Waals surface area (Å²) in [6.45, 7) is 1.72. The van der Waals surface area contributed by atoms with Crippen LogP contribution in [0.5, 0.6) is 11.5 Å². The molecule has 0 spiro atoms. The first-order valence-corrected chi connectivity index (χ1v) is 7.64. The molecule has 2 amide bonds. The zero-order valence-corrected chi connectivity index (χ0v) is 13.3. The molecule has 1 aromatic carbocycles. The Kier molecular flexibility index (Phi) is 6.22. The highest BCUT2D eigenvalue weighted by molar-refractivity contribution is 5.78. The van der Waals surface area contributed by atoms with Gasteiger partial charge in [0.1, 0.15) is 0 Å². The Morgan fingerprint density at radius 2 is 1.91 bits per heavy atom. The van der Waals surface area contributed by atoms with Gasteiger partial charge >= 0.3 is 0 Å². The molecular formula is C16H23N3O4. The SMILES string of the molecule is COc1ccccc1OCC(=O)NC1CCN(CC(N)=O)CC1. The van der Waals surface area contributed by atoms with Gasteiger partial charge in [-0.05, 0) is 25.0 Å². The number of nitrogens with one attached hydrogen (secondary N) is 1. The standard InChI is InChI=1S/C16H23N3O4/c1-22-13-4-2-3-5-14(13)23-11-16(21)18-12-6-8-19(9-7-12)10-15(17)20/h2-5,12H,6-11H2,1H3,(H2,17,20)(H,18,21). The van der Waals surface area contributed by atoms with Gasteiger partial charge in [-0.25, -0.2) is 0 Å². The van der Waals surface area contributed by atoms with E-state index in [1.807, 2.05) is 17.0 Å². The number of benzene rings is 1. The summed E-state index contributed by atoms with van der Waals surface area (Å²) >= 11 is 0. The lowest BCUT2D eigenvalue weighted by atomic mass is 10.1. The lowest BCUT2D eigenvalue weighted by Crippen LogP contribution is -2.47. The van der Waals surface area contributed by atoms with Crippen LogP contribution in [0.25, 0.3) is 0 Å². The molecule has 7 nitrogen and oxygen atoms in total. The number of primary amides is 1. The second kappa shape index (κ2) is 8.38. The third-order valence-electron chi connectivity index (χ3n) is 3.76. The molecule has 0 unspecified atom stereocenters. The van der Waals surface area contributed by atoms with Gasteiger partial charge < -0.3 is 20.5 Å². The number of carbonyl (C=O) groups excluding carboxylic acids is 2. The minimum absolute atomic E-state index is 0.0537. The van der Waals surface area contributed by atoms with E-state index in [-0.39, 0.29) is 31.0 Å². The quantitative estimate of drug-likeness (QED) is 0.745. The Balaban J connectivity index is 1.72. The zero-order chi connectivity index (χ0) is 16.7. The Bertz CT molecular complexity index is 542. The normalized spacial score (nSPS) is 15.9. The summed E-state index contributed by atoms with van der Waals surface area (Å²) in [5.41, 5.74) is 5.18. The molecule has 23 heavy (non-hydrogen) atoms. The van der Waals surface area contributed by atoms with E-state index >= 15 is 0 Å². The van der Waals surface area contributed by atoms with E-state index in [0.717, 1.165) is 25.9 Å². The minimum Gasteiger partial charge on any atom is -0.493 e. The van der Waals surface area contributed by atoms with Crippen molar-refractivity contribution < 1.29 is 19.1 Å². The molecule has 0 saturated carbocycles. The average Bonchev–Trinajstić information content (AvgIpc) is 2.54. The number of nitrogens with zero attached hydrogens (tertiary/aromatic N) is 1. The number of rotatable bonds is 7. The van der Waals surface area contributed by atoms with Crippen molar-refractivity contribution in [2.45, 2.75) is 18.9 Å². The number of likely N-dealkylation sites (tertiary alicyclic amines) is 1. The van der Waals surface area contributed by atoms with Crippen LogP contribution in [0.1, 0.15) is 12.8 Å². The molecule has 1 aliphatic heterocycles. The van der Waals surface area contributed by atoms with Crippen LogP contribution in [0, 0.1) is 0 Å². The van der Waals surface area contributed by atoms with Gasteiger partial charge in [-0.1, -0.05) is 12.1 Å². The van der Waals surface area contributed by atoms with Crippen molar-refractivity contribution >= 4 is 11.8 Å². The van der Waals surface area contributed by atoms with Gasteiger partial charge in [0.25, 0.3) is 5.91 Å². The number of methoxy groups -OCH3 is 1.